The maximum atomic E-state index is 13.2. The Morgan fingerprint density at radius 1 is 1.13 bits per heavy atom. The summed E-state index contributed by atoms with van der Waals surface area (Å²) in [5.74, 6) is -1.07. The lowest BCUT2D eigenvalue weighted by molar-refractivity contribution is 0.614. The first-order valence-electron chi connectivity index (χ1n) is 4.17. The minimum absolute atomic E-state index is 0.00926. The fraction of sp³-hybridized carbons (Fsp3) is 0. The molecule has 2 aromatic rings. The molecule has 0 amide bonds. The lowest BCUT2D eigenvalue weighted by atomic mass is 10.1. The van der Waals surface area contributed by atoms with Crippen molar-refractivity contribution in [1.82, 2.24) is 9.97 Å². The third-order valence-electron chi connectivity index (χ3n) is 1.90. The summed E-state index contributed by atoms with van der Waals surface area (Å²) in [5, 5.41) is 0. The molecule has 0 spiro atoms. The predicted molar refractivity (Wildman–Crippen MR) is 50.2 cm³/mol. The Kier molecular flexibility index (Phi) is 2.29. The zero-order valence-corrected chi connectivity index (χ0v) is 7.50. The van der Waals surface area contributed by atoms with Gasteiger partial charge in [-0.25, -0.2) is 13.6 Å². The van der Waals surface area contributed by atoms with E-state index in [1.165, 1.54) is 24.3 Å². The molecular formula is C10H6F2N2O. The second-order valence-corrected chi connectivity index (χ2v) is 2.92. The first kappa shape index (κ1) is 9.51. The average Bonchev–Trinajstić information content (AvgIpc) is 2.23. The van der Waals surface area contributed by atoms with E-state index >= 15 is 0 Å². The van der Waals surface area contributed by atoms with Crippen LogP contribution >= 0.6 is 0 Å². The Morgan fingerprint density at radius 3 is 2.47 bits per heavy atom. The third kappa shape index (κ3) is 1.90. The van der Waals surface area contributed by atoms with Gasteiger partial charge in [0.1, 0.15) is 5.82 Å². The lowest BCUT2D eigenvalue weighted by Crippen LogP contribution is -2.11. The molecule has 0 atom stereocenters. The SMILES string of the molecule is O=c1ncc(F)c(-c2ccc(F)cc2)[nH]1. The first-order chi connectivity index (χ1) is 7.16. The fourth-order valence-corrected chi connectivity index (χ4v) is 1.21. The van der Waals surface area contributed by atoms with Crippen molar-refractivity contribution in [3.63, 3.8) is 0 Å². The Morgan fingerprint density at radius 2 is 1.80 bits per heavy atom. The molecule has 76 valence electrons. The number of nitrogens with zero attached hydrogens (tertiary/aromatic N) is 1. The summed E-state index contributed by atoms with van der Waals surface area (Å²) in [6.07, 6.45) is 0.831. The number of benzene rings is 1. The third-order valence-corrected chi connectivity index (χ3v) is 1.90. The molecule has 1 heterocycles. The van der Waals surface area contributed by atoms with Gasteiger partial charge in [0.2, 0.25) is 0 Å². The second-order valence-electron chi connectivity index (χ2n) is 2.92. The standard InChI is InChI=1S/C10H6F2N2O/c11-7-3-1-6(2-4-7)9-8(12)5-13-10(15)14-9/h1-5H,(H,13,14,15). The van der Waals surface area contributed by atoms with Crippen LogP contribution in [0.25, 0.3) is 11.3 Å². The number of H-pyrrole nitrogens is 1. The summed E-state index contributed by atoms with van der Waals surface area (Å²) < 4.78 is 25.8. The van der Waals surface area contributed by atoms with Gasteiger partial charge in [0.25, 0.3) is 0 Å². The van der Waals surface area contributed by atoms with Gasteiger partial charge in [-0.2, -0.15) is 4.98 Å². The summed E-state index contributed by atoms with van der Waals surface area (Å²) in [7, 11) is 0. The normalized spacial score (nSPS) is 10.3. The summed E-state index contributed by atoms with van der Waals surface area (Å²) in [6.45, 7) is 0. The molecule has 0 saturated heterocycles. The van der Waals surface area contributed by atoms with Gasteiger partial charge >= 0.3 is 5.69 Å². The number of rotatable bonds is 1. The molecule has 0 saturated carbocycles. The monoisotopic (exact) mass is 208 g/mol. The van der Waals surface area contributed by atoms with E-state index in [9.17, 15) is 13.6 Å². The zero-order valence-electron chi connectivity index (χ0n) is 7.50. The summed E-state index contributed by atoms with van der Waals surface area (Å²) in [6, 6.07) is 5.13. The number of aromatic nitrogens is 2. The number of nitrogens with one attached hydrogen (secondary N) is 1. The minimum Gasteiger partial charge on any atom is -0.303 e. The Labute approximate surface area is 83.4 Å². The maximum Gasteiger partial charge on any atom is 0.345 e. The van der Waals surface area contributed by atoms with Gasteiger partial charge in [-0.05, 0) is 24.3 Å². The summed E-state index contributed by atoms with van der Waals surface area (Å²) in [5.41, 5.74) is -0.237. The van der Waals surface area contributed by atoms with E-state index in [1.807, 2.05) is 0 Å². The molecule has 0 fully saturated rings. The molecule has 1 aromatic carbocycles. The van der Waals surface area contributed by atoms with Crippen LogP contribution in [0, 0.1) is 11.6 Å². The molecule has 1 aromatic heterocycles. The van der Waals surface area contributed by atoms with E-state index in [0.29, 0.717) is 5.56 Å². The van der Waals surface area contributed by atoms with E-state index < -0.39 is 17.3 Å². The average molecular weight is 208 g/mol. The van der Waals surface area contributed by atoms with Gasteiger partial charge in [-0.15, -0.1) is 0 Å². The van der Waals surface area contributed by atoms with E-state index in [2.05, 4.69) is 9.97 Å². The van der Waals surface area contributed by atoms with Crippen LogP contribution in [0.1, 0.15) is 0 Å². The molecule has 0 aliphatic carbocycles. The topological polar surface area (TPSA) is 45.8 Å². The van der Waals surface area contributed by atoms with Crippen LogP contribution in [-0.4, -0.2) is 9.97 Å². The Hall–Kier alpha value is -2.04. The second kappa shape index (κ2) is 3.61. The minimum atomic E-state index is -0.652. The highest BCUT2D eigenvalue weighted by Crippen LogP contribution is 2.18. The fourth-order valence-electron chi connectivity index (χ4n) is 1.21. The molecule has 2 rings (SSSR count). The Bertz CT molecular complexity index is 534. The molecule has 15 heavy (non-hydrogen) atoms. The van der Waals surface area contributed by atoms with Crippen molar-refractivity contribution in [1.29, 1.82) is 0 Å². The number of aromatic amines is 1. The van der Waals surface area contributed by atoms with Crippen molar-refractivity contribution < 1.29 is 8.78 Å². The van der Waals surface area contributed by atoms with Crippen LogP contribution in [0.2, 0.25) is 0 Å². The highest BCUT2D eigenvalue weighted by Gasteiger charge is 2.06. The smallest absolute Gasteiger partial charge is 0.303 e. The largest absolute Gasteiger partial charge is 0.345 e. The van der Waals surface area contributed by atoms with Gasteiger partial charge in [0.15, 0.2) is 5.82 Å². The Balaban J connectivity index is 2.58. The molecular weight excluding hydrogens is 202 g/mol. The number of halogens is 2. The van der Waals surface area contributed by atoms with Crippen molar-refractivity contribution >= 4 is 0 Å². The quantitative estimate of drug-likeness (QED) is 0.775. The van der Waals surface area contributed by atoms with Crippen molar-refractivity contribution in [2.24, 2.45) is 0 Å². The number of hydrogen-bond donors (Lipinski definition) is 1. The maximum absolute atomic E-state index is 13.2. The van der Waals surface area contributed by atoms with Crippen LogP contribution in [0.15, 0.2) is 35.3 Å². The van der Waals surface area contributed by atoms with Gasteiger partial charge in [0.05, 0.1) is 11.9 Å². The van der Waals surface area contributed by atoms with Crippen molar-refractivity contribution in [3.05, 3.63) is 52.6 Å². The van der Waals surface area contributed by atoms with E-state index in [-0.39, 0.29) is 5.69 Å². The lowest BCUT2D eigenvalue weighted by Gasteiger charge is -2.01. The van der Waals surface area contributed by atoms with Crippen LogP contribution < -0.4 is 5.69 Å². The van der Waals surface area contributed by atoms with Crippen LogP contribution in [0.3, 0.4) is 0 Å². The first-order valence-corrected chi connectivity index (χ1v) is 4.17. The zero-order chi connectivity index (χ0) is 10.8. The van der Waals surface area contributed by atoms with Gasteiger partial charge < -0.3 is 4.98 Å². The van der Waals surface area contributed by atoms with Crippen LogP contribution in [0.4, 0.5) is 8.78 Å². The highest BCUT2D eigenvalue weighted by molar-refractivity contribution is 5.58. The highest BCUT2D eigenvalue weighted by atomic mass is 19.1. The van der Waals surface area contributed by atoms with Gasteiger partial charge in [-0.3, -0.25) is 0 Å². The molecule has 0 aliphatic rings. The summed E-state index contributed by atoms with van der Waals surface area (Å²) >= 11 is 0. The number of hydrogen-bond acceptors (Lipinski definition) is 2. The summed E-state index contributed by atoms with van der Waals surface area (Å²) in [4.78, 5) is 16.3. The molecule has 0 bridgehead atoms. The van der Waals surface area contributed by atoms with Crippen LogP contribution in [-0.2, 0) is 0 Å². The van der Waals surface area contributed by atoms with Crippen molar-refractivity contribution in [3.8, 4) is 11.3 Å². The molecule has 1 N–H and O–H groups in total. The van der Waals surface area contributed by atoms with Crippen molar-refractivity contribution in [2.45, 2.75) is 0 Å². The predicted octanol–water partition coefficient (Wildman–Crippen LogP) is 1.72. The molecule has 3 nitrogen and oxygen atoms in total. The van der Waals surface area contributed by atoms with E-state index in [1.54, 1.807) is 0 Å². The van der Waals surface area contributed by atoms with Gasteiger partial charge in [0, 0.05) is 5.56 Å². The van der Waals surface area contributed by atoms with E-state index in [4.69, 9.17) is 0 Å². The van der Waals surface area contributed by atoms with Gasteiger partial charge in [-0.1, -0.05) is 0 Å². The molecule has 0 radical (unpaired) electrons. The molecule has 0 aliphatic heterocycles. The molecule has 5 heteroatoms. The molecule has 0 unspecified atom stereocenters. The van der Waals surface area contributed by atoms with Crippen LogP contribution in [0.5, 0.6) is 0 Å². The van der Waals surface area contributed by atoms with E-state index in [0.717, 1.165) is 6.20 Å². The van der Waals surface area contributed by atoms with Crippen molar-refractivity contribution in [2.75, 3.05) is 0 Å².